The quantitative estimate of drug-likeness (QED) is 0.676. The first-order valence-corrected chi connectivity index (χ1v) is 5.81. The van der Waals surface area contributed by atoms with Crippen molar-refractivity contribution in [2.75, 3.05) is 13.1 Å². The van der Waals surface area contributed by atoms with E-state index in [9.17, 15) is 0 Å². The molecule has 0 aromatic rings. The van der Waals surface area contributed by atoms with Gasteiger partial charge < -0.3 is 10.6 Å². The van der Waals surface area contributed by atoms with E-state index in [-0.39, 0.29) is 0 Å². The summed E-state index contributed by atoms with van der Waals surface area (Å²) in [7, 11) is 0. The Morgan fingerprint density at radius 3 is 2.77 bits per heavy atom. The lowest BCUT2D eigenvalue weighted by atomic mass is 9.92. The molecule has 2 heterocycles. The SMILES string of the molecule is CC1CC(CC2CCCCN2)CN1. The Morgan fingerprint density at radius 2 is 2.15 bits per heavy atom. The minimum atomic E-state index is 0.758. The summed E-state index contributed by atoms with van der Waals surface area (Å²) in [6, 6.07) is 1.58. The fraction of sp³-hybridized carbons (Fsp3) is 1.00. The van der Waals surface area contributed by atoms with Gasteiger partial charge in [0.25, 0.3) is 0 Å². The second kappa shape index (κ2) is 4.43. The van der Waals surface area contributed by atoms with Gasteiger partial charge in [0.05, 0.1) is 0 Å². The van der Waals surface area contributed by atoms with Crippen LogP contribution in [0.2, 0.25) is 0 Å². The van der Waals surface area contributed by atoms with Crippen LogP contribution in [0.15, 0.2) is 0 Å². The van der Waals surface area contributed by atoms with Crippen molar-refractivity contribution >= 4 is 0 Å². The lowest BCUT2D eigenvalue weighted by Gasteiger charge is -2.25. The molecule has 0 aromatic carbocycles. The molecule has 2 N–H and O–H groups in total. The Bertz CT molecular complexity index is 149. The Kier molecular flexibility index (Phi) is 3.23. The monoisotopic (exact) mass is 182 g/mol. The maximum Gasteiger partial charge on any atom is 0.00701 e. The van der Waals surface area contributed by atoms with E-state index < -0.39 is 0 Å². The average Bonchev–Trinajstić information content (AvgIpc) is 2.53. The van der Waals surface area contributed by atoms with Gasteiger partial charge in [-0.3, -0.25) is 0 Å². The molecule has 2 aliphatic rings. The zero-order valence-corrected chi connectivity index (χ0v) is 8.68. The first kappa shape index (κ1) is 9.47. The fourth-order valence-electron chi connectivity index (χ4n) is 2.74. The molecule has 0 aromatic heterocycles. The number of hydrogen-bond donors (Lipinski definition) is 2. The zero-order chi connectivity index (χ0) is 9.10. The van der Waals surface area contributed by atoms with Crippen molar-refractivity contribution in [1.29, 1.82) is 0 Å². The normalized spacial score (nSPS) is 40.8. The van der Waals surface area contributed by atoms with E-state index in [1.54, 1.807) is 0 Å². The molecular formula is C11H22N2. The molecule has 76 valence electrons. The molecule has 3 atom stereocenters. The Labute approximate surface area is 81.5 Å². The van der Waals surface area contributed by atoms with E-state index in [1.165, 1.54) is 45.2 Å². The standard InChI is InChI=1S/C11H22N2/c1-9-6-10(8-13-9)7-11-4-2-3-5-12-11/h9-13H,2-8H2,1H3. The lowest BCUT2D eigenvalue weighted by Crippen LogP contribution is -2.35. The van der Waals surface area contributed by atoms with Gasteiger partial charge in [-0.15, -0.1) is 0 Å². The van der Waals surface area contributed by atoms with Crippen molar-refractivity contribution in [3.05, 3.63) is 0 Å². The summed E-state index contributed by atoms with van der Waals surface area (Å²) in [6.45, 7) is 4.80. The topological polar surface area (TPSA) is 24.1 Å². The molecule has 2 fully saturated rings. The molecule has 3 unspecified atom stereocenters. The van der Waals surface area contributed by atoms with Crippen LogP contribution in [0.5, 0.6) is 0 Å². The first-order valence-electron chi connectivity index (χ1n) is 5.81. The summed E-state index contributed by atoms with van der Waals surface area (Å²) >= 11 is 0. The number of rotatable bonds is 2. The highest BCUT2D eigenvalue weighted by molar-refractivity contribution is 4.83. The maximum absolute atomic E-state index is 3.63. The summed E-state index contributed by atoms with van der Waals surface area (Å²) in [5.41, 5.74) is 0. The molecular weight excluding hydrogens is 160 g/mol. The molecule has 0 spiro atoms. The highest BCUT2D eigenvalue weighted by Crippen LogP contribution is 2.22. The van der Waals surface area contributed by atoms with E-state index in [0.717, 1.165) is 18.0 Å². The Balaban J connectivity index is 1.71. The second-order valence-corrected chi connectivity index (χ2v) is 4.79. The Hall–Kier alpha value is -0.0800. The van der Waals surface area contributed by atoms with Crippen molar-refractivity contribution in [3.8, 4) is 0 Å². The smallest absolute Gasteiger partial charge is 0.00701 e. The van der Waals surface area contributed by atoms with Gasteiger partial charge in [-0.2, -0.15) is 0 Å². The highest BCUT2D eigenvalue weighted by Gasteiger charge is 2.24. The van der Waals surface area contributed by atoms with Crippen LogP contribution in [0.25, 0.3) is 0 Å². The molecule has 0 radical (unpaired) electrons. The summed E-state index contributed by atoms with van der Waals surface area (Å²) < 4.78 is 0. The highest BCUT2D eigenvalue weighted by atomic mass is 15.0. The zero-order valence-electron chi connectivity index (χ0n) is 8.68. The van der Waals surface area contributed by atoms with E-state index >= 15 is 0 Å². The summed E-state index contributed by atoms with van der Waals surface area (Å²) in [5, 5.41) is 7.16. The molecule has 2 heteroatoms. The third-order valence-electron chi connectivity index (χ3n) is 3.47. The van der Waals surface area contributed by atoms with Crippen LogP contribution >= 0.6 is 0 Å². The average molecular weight is 182 g/mol. The van der Waals surface area contributed by atoms with Gasteiger partial charge in [0.2, 0.25) is 0 Å². The van der Waals surface area contributed by atoms with E-state index in [1.807, 2.05) is 0 Å². The molecule has 0 amide bonds. The summed E-state index contributed by atoms with van der Waals surface area (Å²) in [6.07, 6.45) is 7.02. The van der Waals surface area contributed by atoms with E-state index in [0.29, 0.717) is 0 Å². The molecule has 2 rings (SSSR count). The van der Waals surface area contributed by atoms with E-state index in [2.05, 4.69) is 17.6 Å². The number of nitrogens with one attached hydrogen (secondary N) is 2. The number of hydrogen-bond acceptors (Lipinski definition) is 2. The molecule has 0 aliphatic carbocycles. The van der Waals surface area contributed by atoms with Gasteiger partial charge >= 0.3 is 0 Å². The van der Waals surface area contributed by atoms with Crippen LogP contribution in [0.1, 0.15) is 39.0 Å². The molecule has 0 bridgehead atoms. The third kappa shape index (κ3) is 2.68. The van der Waals surface area contributed by atoms with Crippen molar-refractivity contribution in [2.24, 2.45) is 5.92 Å². The predicted octanol–water partition coefficient (Wildman–Crippen LogP) is 1.52. The van der Waals surface area contributed by atoms with Gasteiger partial charge in [0.15, 0.2) is 0 Å². The molecule has 0 saturated carbocycles. The fourth-order valence-corrected chi connectivity index (χ4v) is 2.74. The largest absolute Gasteiger partial charge is 0.314 e. The van der Waals surface area contributed by atoms with Crippen molar-refractivity contribution in [3.63, 3.8) is 0 Å². The molecule has 2 saturated heterocycles. The maximum atomic E-state index is 3.63. The van der Waals surface area contributed by atoms with Gasteiger partial charge in [-0.05, 0) is 51.6 Å². The van der Waals surface area contributed by atoms with Crippen LogP contribution < -0.4 is 10.6 Å². The minimum Gasteiger partial charge on any atom is -0.314 e. The second-order valence-electron chi connectivity index (χ2n) is 4.79. The van der Waals surface area contributed by atoms with Gasteiger partial charge in [0, 0.05) is 12.1 Å². The summed E-state index contributed by atoms with van der Waals surface area (Å²) in [5.74, 6) is 0.936. The van der Waals surface area contributed by atoms with Crippen molar-refractivity contribution < 1.29 is 0 Å². The van der Waals surface area contributed by atoms with Crippen LogP contribution in [0.3, 0.4) is 0 Å². The van der Waals surface area contributed by atoms with E-state index in [4.69, 9.17) is 0 Å². The lowest BCUT2D eigenvalue weighted by molar-refractivity contribution is 0.335. The third-order valence-corrected chi connectivity index (χ3v) is 3.47. The van der Waals surface area contributed by atoms with Crippen LogP contribution in [0, 0.1) is 5.92 Å². The molecule has 13 heavy (non-hydrogen) atoms. The van der Waals surface area contributed by atoms with Crippen molar-refractivity contribution in [2.45, 2.75) is 51.1 Å². The van der Waals surface area contributed by atoms with Crippen LogP contribution in [-0.4, -0.2) is 25.2 Å². The molecule has 2 nitrogen and oxygen atoms in total. The molecule has 2 aliphatic heterocycles. The summed E-state index contributed by atoms with van der Waals surface area (Å²) in [4.78, 5) is 0. The van der Waals surface area contributed by atoms with Gasteiger partial charge in [-0.1, -0.05) is 6.42 Å². The van der Waals surface area contributed by atoms with Crippen LogP contribution in [0.4, 0.5) is 0 Å². The predicted molar refractivity (Wildman–Crippen MR) is 55.8 cm³/mol. The minimum absolute atomic E-state index is 0.758. The number of piperidine rings is 1. The van der Waals surface area contributed by atoms with Gasteiger partial charge in [-0.25, -0.2) is 0 Å². The first-order chi connectivity index (χ1) is 6.34. The van der Waals surface area contributed by atoms with Crippen molar-refractivity contribution in [1.82, 2.24) is 10.6 Å². The van der Waals surface area contributed by atoms with Crippen LogP contribution in [-0.2, 0) is 0 Å². The Morgan fingerprint density at radius 1 is 1.23 bits per heavy atom. The van der Waals surface area contributed by atoms with Gasteiger partial charge in [0.1, 0.15) is 0 Å².